The minimum Gasteiger partial charge on any atom is -0.204 e. The fourth-order valence-electron chi connectivity index (χ4n) is 0.878. The maximum Gasteiger partial charge on any atom is 0.177 e. The first kappa shape index (κ1) is 11.9. The Hall–Kier alpha value is -2.19. The van der Waals surface area contributed by atoms with E-state index >= 15 is 0 Å². The second kappa shape index (κ2) is 5.05. The maximum absolute atomic E-state index is 13.0. The molecule has 0 aliphatic carbocycles. The first-order valence-corrected chi connectivity index (χ1v) is 3.90. The molecule has 1 rings (SSSR count). The molecule has 0 radical (unpaired) electrons. The van der Waals surface area contributed by atoms with Gasteiger partial charge in [-0.15, -0.1) is 0 Å². The van der Waals surface area contributed by atoms with Crippen LogP contribution in [0, 0.1) is 35.1 Å². The molecule has 0 atom stereocenters. The normalized spacial score (nSPS) is 9.00. The summed E-state index contributed by atoms with van der Waals surface area (Å²) in [7, 11) is 0. The van der Waals surface area contributed by atoms with Gasteiger partial charge in [-0.1, -0.05) is 17.0 Å². The summed E-state index contributed by atoms with van der Waals surface area (Å²) in [6.07, 6.45) is 0. The van der Waals surface area contributed by atoms with Crippen LogP contribution in [0.4, 0.5) is 17.6 Å². The number of benzene rings is 1. The second-order valence-electron chi connectivity index (χ2n) is 2.53. The van der Waals surface area contributed by atoms with Gasteiger partial charge >= 0.3 is 0 Å². The van der Waals surface area contributed by atoms with E-state index in [4.69, 9.17) is 5.53 Å². The van der Waals surface area contributed by atoms with Gasteiger partial charge < -0.3 is 0 Å². The molecule has 0 heterocycles. The van der Waals surface area contributed by atoms with Crippen molar-refractivity contribution in [1.29, 1.82) is 0 Å². The van der Waals surface area contributed by atoms with Gasteiger partial charge in [0.25, 0.3) is 0 Å². The maximum atomic E-state index is 13.0. The van der Waals surface area contributed by atoms with Gasteiger partial charge in [0.2, 0.25) is 0 Å². The zero-order valence-electron chi connectivity index (χ0n) is 7.64. The van der Waals surface area contributed by atoms with E-state index in [0.29, 0.717) is 0 Å². The average molecular weight is 229 g/mol. The molecule has 0 saturated heterocycles. The number of hydrogen-bond acceptors (Lipinski definition) is 1. The van der Waals surface area contributed by atoms with Crippen molar-refractivity contribution in [3.63, 3.8) is 0 Å². The minimum atomic E-state index is -1.58. The van der Waals surface area contributed by atoms with Gasteiger partial charge in [-0.2, -0.15) is 0 Å². The van der Waals surface area contributed by atoms with Crippen LogP contribution in [0.3, 0.4) is 0 Å². The molecule has 0 spiro atoms. The summed E-state index contributed by atoms with van der Waals surface area (Å²) < 4.78 is 51.3. The molecular formula is C9H3F4N3. The smallest absolute Gasteiger partial charge is 0.177 e. The standard InChI is InChI=1S/C9H3F4N3/c10-6-4-7(11)9(13)5(8(6)12)2-1-3-15-16-14/h4H,3H2. The monoisotopic (exact) mass is 229 g/mol. The van der Waals surface area contributed by atoms with Crippen LogP contribution in [0.15, 0.2) is 11.2 Å². The van der Waals surface area contributed by atoms with Crippen molar-refractivity contribution in [2.75, 3.05) is 6.54 Å². The minimum absolute atomic E-state index is 0.0866. The van der Waals surface area contributed by atoms with E-state index in [1.807, 2.05) is 5.92 Å². The van der Waals surface area contributed by atoms with Crippen LogP contribution in [-0.4, -0.2) is 6.54 Å². The molecule has 0 saturated carbocycles. The molecular weight excluding hydrogens is 226 g/mol. The SMILES string of the molecule is [N-]=[N+]=NCC#Cc1c(F)c(F)cc(F)c1F. The molecule has 0 fully saturated rings. The lowest BCUT2D eigenvalue weighted by Crippen LogP contribution is -1.98. The van der Waals surface area contributed by atoms with E-state index in [-0.39, 0.29) is 12.6 Å². The predicted molar refractivity (Wildman–Crippen MR) is 47.2 cm³/mol. The zero-order valence-corrected chi connectivity index (χ0v) is 7.64. The fraction of sp³-hybridized carbons (Fsp3) is 0.111. The first-order chi connectivity index (χ1) is 7.57. The van der Waals surface area contributed by atoms with Crippen molar-refractivity contribution < 1.29 is 17.6 Å². The predicted octanol–water partition coefficient (Wildman–Crippen LogP) is 2.90. The Morgan fingerprint density at radius 2 is 1.75 bits per heavy atom. The number of rotatable bonds is 1. The number of hydrogen-bond donors (Lipinski definition) is 0. The molecule has 1 aromatic carbocycles. The van der Waals surface area contributed by atoms with Gasteiger partial charge in [-0.3, -0.25) is 0 Å². The van der Waals surface area contributed by atoms with E-state index in [1.54, 1.807) is 0 Å². The van der Waals surface area contributed by atoms with Crippen molar-refractivity contribution in [1.82, 2.24) is 0 Å². The highest BCUT2D eigenvalue weighted by Gasteiger charge is 2.17. The van der Waals surface area contributed by atoms with E-state index in [2.05, 4.69) is 15.9 Å². The third-order valence-electron chi connectivity index (χ3n) is 1.54. The molecule has 0 aliphatic rings. The van der Waals surface area contributed by atoms with Crippen molar-refractivity contribution >= 4 is 0 Å². The van der Waals surface area contributed by atoms with Crippen molar-refractivity contribution in [3.05, 3.63) is 45.3 Å². The Morgan fingerprint density at radius 3 is 2.25 bits per heavy atom. The number of halogens is 4. The van der Waals surface area contributed by atoms with Crippen LogP contribution < -0.4 is 0 Å². The van der Waals surface area contributed by atoms with Gasteiger partial charge in [0.05, 0.1) is 6.54 Å². The van der Waals surface area contributed by atoms with Crippen LogP contribution in [0.25, 0.3) is 10.4 Å². The molecule has 1 aromatic rings. The average Bonchev–Trinajstić information content (AvgIpc) is 2.25. The number of nitrogens with zero attached hydrogens (tertiary/aromatic N) is 3. The molecule has 0 bridgehead atoms. The fourth-order valence-corrected chi connectivity index (χ4v) is 0.878. The third-order valence-corrected chi connectivity index (χ3v) is 1.54. The molecule has 0 amide bonds. The third kappa shape index (κ3) is 2.43. The van der Waals surface area contributed by atoms with E-state index in [0.717, 1.165) is 0 Å². The molecule has 3 nitrogen and oxygen atoms in total. The van der Waals surface area contributed by atoms with Crippen LogP contribution in [0.1, 0.15) is 5.56 Å². The molecule has 0 unspecified atom stereocenters. The largest absolute Gasteiger partial charge is 0.204 e. The Morgan fingerprint density at radius 1 is 1.19 bits per heavy atom. The van der Waals surface area contributed by atoms with Crippen LogP contribution >= 0.6 is 0 Å². The zero-order chi connectivity index (χ0) is 12.1. The van der Waals surface area contributed by atoms with E-state index < -0.39 is 28.8 Å². The second-order valence-corrected chi connectivity index (χ2v) is 2.53. The Balaban J connectivity index is 3.20. The summed E-state index contributed by atoms with van der Waals surface area (Å²) >= 11 is 0. The Kier molecular flexibility index (Phi) is 3.75. The Bertz CT molecular complexity index is 498. The summed E-state index contributed by atoms with van der Waals surface area (Å²) in [6.45, 7) is -0.354. The van der Waals surface area contributed by atoms with Gasteiger partial charge in [0.15, 0.2) is 23.3 Å². The van der Waals surface area contributed by atoms with Gasteiger partial charge in [-0.05, 0) is 5.53 Å². The van der Waals surface area contributed by atoms with Crippen molar-refractivity contribution in [3.8, 4) is 11.8 Å². The summed E-state index contributed by atoms with van der Waals surface area (Å²) in [4.78, 5) is 2.33. The van der Waals surface area contributed by atoms with Gasteiger partial charge in [-0.25, -0.2) is 17.6 Å². The molecule has 0 aliphatic heterocycles. The molecule has 0 aromatic heterocycles. The van der Waals surface area contributed by atoms with Gasteiger partial charge in [0.1, 0.15) is 5.56 Å². The lowest BCUT2D eigenvalue weighted by atomic mass is 10.2. The van der Waals surface area contributed by atoms with Crippen molar-refractivity contribution in [2.45, 2.75) is 0 Å². The van der Waals surface area contributed by atoms with Gasteiger partial charge in [0, 0.05) is 11.0 Å². The lowest BCUT2D eigenvalue weighted by molar-refractivity contribution is 0.450. The van der Waals surface area contributed by atoms with Crippen molar-refractivity contribution in [2.24, 2.45) is 5.11 Å². The molecule has 7 heteroatoms. The molecule has 16 heavy (non-hydrogen) atoms. The van der Waals surface area contributed by atoms with Crippen LogP contribution in [-0.2, 0) is 0 Å². The topological polar surface area (TPSA) is 48.8 Å². The van der Waals surface area contributed by atoms with Crippen LogP contribution in [0.2, 0.25) is 0 Å². The summed E-state index contributed by atoms with van der Waals surface area (Å²) in [5.41, 5.74) is 6.86. The summed E-state index contributed by atoms with van der Waals surface area (Å²) in [5.74, 6) is -2.32. The highest BCUT2D eigenvalue weighted by Crippen LogP contribution is 2.17. The van der Waals surface area contributed by atoms with E-state index in [1.165, 1.54) is 0 Å². The highest BCUT2D eigenvalue weighted by atomic mass is 19.2. The lowest BCUT2D eigenvalue weighted by Gasteiger charge is -1.99. The van der Waals surface area contributed by atoms with Crippen LogP contribution in [0.5, 0.6) is 0 Å². The quantitative estimate of drug-likeness (QED) is 0.177. The van der Waals surface area contributed by atoms with E-state index in [9.17, 15) is 17.6 Å². The summed E-state index contributed by atoms with van der Waals surface area (Å²) in [6, 6.07) is 0.0866. The first-order valence-electron chi connectivity index (χ1n) is 3.90. The molecule has 0 N–H and O–H groups in total. The molecule has 82 valence electrons. The number of azide groups is 1. The Labute approximate surface area is 87.3 Å². The highest BCUT2D eigenvalue weighted by molar-refractivity contribution is 5.38. The summed E-state index contributed by atoms with van der Waals surface area (Å²) in [5, 5.41) is 2.97.